The highest BCUT2D eigenvalue weighted by atomic mass is 19.1. The van der Waals surface area contributed by atoms with Gasteiger partial charge >= 0.3 is 0 Å². The third-order valence-corrected chi connectivity index (χ3v) is 6.41. The van der Waals surface area contributed by atoms with Gasteiger partial charge in [-0.2, -0.15) is 0 Å². The quantitative estimate of drug-likeness (QED) is 0.464. The molecule has 2 aromatic carbocycles. The lowest BCUT2D eigenvalue weighted by atomic mass is 10.1. The van der Waals surface area contributed by atoms with Crippen LogP contribution in [0.25, 0.3) is 10.9 Å². The minimum absolute atomic E-state index is 0.0234. The monoisotopic (exact) mass is 511 g/mol. The van der Waals surface area contributed by atoms with Crippen molar-refractivity contribution in [1.82, 2.24) is 14.9 Å². The molecule has 0 saturated carbocycles. The minimum atomic E-state index is -0.914. The number of nitrogens with one attached hydrogen (secondary N) is 2. The molecule has 37 heavy (non-hydrogen) atoms. The number of hydrogen-bond acceptors (Lipinski definition) is 8. The maximum absolute atomic E-state index is 14.7. The van der Waals surface area contributed by atoms with E-state index in [1.54, 1.807) is 31.2 Å². The molecule has 11 heteroatoms. The molecule has 0 aliphatic carbocycles. The van der Waals surface area contributed by atoms with Crippen molar-refractivity contribution in [3.05, 3.63) is 59.9 Å². The summed E-state index contributed by atoms with van der Waals surface area (Å²) in [6.07, 6.45) is 2.58. The molecule has 0 radical (unpaired) electrons. The van der Waals surface area contributed by atoms with E-state index in [1.807, 2.05) is 4.90 Å². The molecular formula is C26H27F2N5O4. The second kappa shape index (κ2) is 10.8. The van der Waals surface area contributed by atoms with Crippen LogP contribution in [0.2, 0.25) is 0 Å². The lowest BCUT2D eigenvalue weighted by Crippen LogP contribution is -2.36. The normalized spacial score (nSPS) is 20.1. The Labute approximate surface area is 212 Å². The highest BCUT2D eigenvalue weighted by Gasteiger charge is 2.36. The number of likely N-dealkylation sites (tertiary alicyclic amines) is 1. The summed E-state index contributed by atoms with van der Waals surface area (Å²) in [5, 5.41) is 6.28. The molecule has 2 aliphatic rings. The van der Waals surface area contributed by atoms with Crippen molar-refractivity contribution in [3.63, 3.8) is 0 Å². The van der Waals surface area contributed by atoms with E-state index in [0.29, 0.717) is 60.0 Å². The van der Waals surface area contributed by atoms with E-state index in [9.17, 15) is 13.6 Å². The van der Waals surface area contributed by atoms with Crippen LogP contribution < -0.4 is 15.4 Å². The molecule has 1 aromatic heterocycles. The molecule has 194 valence electrons. The Kier molecular flexibility index (Phi) is 7.26. The van der Waals surface area contributed by atoms with Crippen LogP contribution in [0.15, 0.2) is 48.6 Å². The van der Waals surface area contributed by atoms with Crippen molar-refractivity contribution in [2.24, 2.45) is 0 Å². The van der Waals surface area contributed by atoms with Crippen LogP contribution >= 0.6 is 0 Å². The van der Waals surface area contributed by atoms with Gasteiger partial charge in [0.15, 0.2) is 5.83 Å². The number of methoxy groups -OCH3 is 1. The Bertz CT molecular complexity index is 1340. The predicted molar refractivity (Wildman–Crippen MR) is 134 cm³/mol. The first-order valence-corrected chi connectivity index (χ1v) is 11.9. The zero-order valence-electron chi connectivity index (χ0n) is 20.5. The first-order chi connectivity index (χ1) is 17.9. The van der Waals surface area contributed by atoms with Crippen LogP contribution in [0.5, 0.6) is 5.75 Å². The molecule has 2 aliphatic heterocycles. The van der Waals surface area contributed by atoms with Crippen LogP contribution in [0.1, 0.15) is 5.56 Å². The molecule has 9 nitrogen and oxygen atoms in total. The maximum Gasteiger partial charge on any atom is 0.284 e. The number of hydrogen-bond donors (Lipinski definition) is 2. The molecule has 3 heterocycles. The number of aromatic nitrogens is 2. The molecule has 0 spiro atoms. The number of halogens is 2. The van der Waals surface area contributed by atoms with Crippen LogP contribution in [0, 0.1) is 12.7 Å². The van der Waals surface area contributed by atoms with Crippen molar-refractivity contribution in [2.75, 3.05) is 50.6 Å². The molecule has 2 saturated heterocycles. The number of aryl methyl sites for hydroxylation is 1. The number of nitrogens with zero attached hydrogens (tertiary/aromatic N) is 3. The molecule has 2 unspecified atom stereocenters. The third kappa shape index (κ3) is 5.53. The topological polar surface area (TPSA) is 97.8 Å². The van der Waals surface area contributed by atoms with Crippen molar-refractivity contribution >= 4 is 34.0 Å². The van der Waals surface area contributed by atoms with E-state index in [0.717, 1.165) is 0 Å². The molecule has 2 atom stereocenters. The maximum atomic E-state index is 14.7. The summed E-state index contributed by atoms with van der Waals surface area (Å²) in [6.45, 7) is 4.28. The Balaban J connectivity index is 1.33. The SMILES string of the molecule is COc1cc2ncnc(Nc3ccc(F)c(C)c3)c2cc1NC(=O)/C(F)=C/CN1CC2OCCOC2C1. The zero-order valence-corrected chi connectivity index (χ0v) is 20.5. The highest BCUT2D eigenvalue weighted by molar-refractivity contribution is 6.05. The smallest absolute Gasteiger partial charge is 0.284 e. The summed E-state index contributed by atoms with van der Waals surface area (Å²) in [5.74, 6) is -1.38. The molecule has 1 amide bonds. The van der Waals surface area contributed by atoms with Gasteiger partial charge in [-0.05, 0) is 42.8 Å². The summed E-state index contributed by atoms with van der Waals surface area (Å²) in [7, 11) is 1.45. The average Bonchev–Trinajstić information content (AvgIpc) is 3.32. The van der Waals surface area contributed by atoms with Gasteiger partial charge in [0.1, 0.15) is 23.7 Å². The van der Waals surface area contributed by atoms with E-state index in [4.69, 9.17) is 14.2 Å². The van der Waals surface area contributed by atoms with Gasteiger partial charge in [-0.25, -0.2) is 18.7 Å². The fourth-order valence-electron chi connectivity index (χ4n) is 4.48. The van der Waals surface area contributed by atoms with E-state index < -0.39 is 11.7 Å². The van der Waals surface area contributed by atoms with Gasteiger partial charge in [0.2, 0.25) is 0 Å². The van der Waals surface area contributed by atoms with Crippen molar-refractivity contribution < 1.29 is 27.8 Å². The van der Waals surface area contributed by atoms with Crippen LogP contribution in [0.4, 0.5) is 26.0 Å². The number of anilines is 3. The lowest BCUT2D eigenvalue weighted by molar-refractivity contribution is -0.116. The van der Waals surface area contributed by atoms with Gasteiger partial charge < -0.3 is 24.8 Å². The van der Waals surface area contributed by atoms with Gasteiger partial charge in [-0.1, -0.05) is 0 Å². The van der Waals surface area contributed by atoms with Crippen molar-refractivity contribution in [3.8, 4) is 5.75 Å². The van der Waals surface area contributed by atoms with Crippen molar-refractivity contribution in [2.45, 2.75) is 19.1 Å². The van der Waals surface area contributed by atoms with Crippen LogP contribution in [-0.2, 0) is 14.3 Å². The number of ether oxygens (including phenoxy) is 3. The first-order valence-electron chi connectivity index (χ1n) is 11.9. The summed E-state index contributed by atoms with van der Waals surface area (Å²) in [6, 6.07) is 7.85. The highest BCUT2D eigenvalue weighted by Crippen LogP contribution is 2.33. The number of carbonyl (C=O) groups is 1. The van der Waals surface area contributed by atoms with E-state index in [1.165, 1.54) is 25.6 Å². The third-order valence-electron chi connectivity index (χ3n) is 6.41. The molecule has 2 fully saturated rings. The molecular weight excluding hydrogens is 484 g/mol. The predicted octanol–water partition coefficient (Wildman–Crippen LogP) is 3.72. The van der Waals surface area contributed by atoms with Gasteiger partial charge in [0.25, 0.3) is 5.91 Å². The van der Waals surface area contributed by atoms with Crippen LogP contribution in [-0.4, -0.2) is 72.9 Å². The van der Waals surface area contributed by atoms with Gasteiger partial charge in [0, 0.05) is 36.8 Å². The van der Waals surface area contributed by atoms with Gasteiger partial charge in [0.05, 0.1) is 43.7 Å². The fourth-order valence-corrected chi connectivity index (χ4v) is 4.48. The Morgan fingerprint density at radius 2 is 1.95 bits per heavy atom. The van der Waals surface area contributed by atoms with E-state index >= 15 is 0 Å². The summed E-state index contributed by atoms with van der Waals surface area (Å²) < 4.78 is 45.2. The Morgan fingerprint density at radius 1 is 1.19 bits per heavy atom. The number of carbonyl (C=O) groups excluding carboxylic acids is 1. The van der Waals surface area contributed by atoms with Gasteiger partial charge in [-0.3, -0.25) is 9.69 Å². The lowest BCUT2D eigenvalue weighted by Gasteiger charge is -2.24. The zero-order chi connectivity index (χ0) is 25.9. The number of fused-ring (bicyclic) bond motifs is 2. The first kappa shape index (κ1) is 25.0. The Morgan fingerprint density at radius 3 is 2.65 bits per heavy atom. The average molecular weight is 512 g/mol. The van der Waals surface area contributed by atoms with Crippen molar-refractivity contribution in [1.29, 1.82) is 0 Å². The number of amides is 1. The molecule has 5 rings (SSSR count). The number of benzene rings is 2. The standard InChI is InChI=1S/C26H27F2N5O4/c1-15-9-16(3-4-18(15)27)31-25-17-10-21(22(35-2)11-20(17)29-14-30-25)32-26(34)19(28)5-6-33-12-23-24(13-33)37-8-7-36-23/h3-5,9-11,14,23-24H,6-8,12-13H2,1-2H3,(H,32,34)(H,29,30,31)/b19-5-. The van der Waals surface area contributed by atoms with E-state index in [2.05, 4.69) is 20.6 Å². The number of rotatable bonds is 7. The van der Waals surface area contributed by atoms with E-state index in [-0.39, 0.29) is 30.3 Å². The fraction of sp³-hybridized carbons (Fsp3) is 0.346. The second-order valence-electron chi connectivity index (χ2n) is 8.92. The summed E-state index contributed by atoms with van der Waals surface area (Å²) in [4.78, 5) is 23.2. The molecule has 0 bridgehead atoms. The minimum Gasteiger partial charge on any atom is -0.494 e. The molecule has 3 aromatic rings. The summed E-state index contributed by atoms with van der Waals surface area (Å²) >= 11 is 0. The second-order valence-corrected chi connectivity index (χ2v) is 8.92. The summed E-state index contributed by atoms with van der Waals surface area (Å²) in [5.41, 5.74) is 1.91. The van der Waals surface area contributed by atoms with Gasteiger partial charge in [-0.15, -0.1) is 0 Å². The Hall–Kier alpha value is -3.67. The van der Waals surface area contributed by atoms with Crippen LogP contribution in [0.3, 0.4) is 0 Å². The molecule has 2 N–H and O–H groups in total. The largest absolute Gasteiger partial charge is 0.494 e.